The number of hydrogen-bond donors (Lipinski definition) is 5. The Morgan fingerprint density at radius 2 is 1.97 bits per heavy atom. The van der Waals surface area contributed by atoms with E-state index < -0.39 is 41.9 Å². The van der Waals surface area contributed by atoms with Gasteiger partial charge in [-0.25, -0.2) is 0 Å². The van der Waals surface area contributed by atoms with E-state index in [-0.39, 0.29) is 17.4 Å². The number of rotatable bonds is 4. The molecule has 0 saturated carbocycles. The van der Waals surface area contributed by atoms with Gasteiger partial charge in [-0.1, -0.05) is 39.8 Å². The maximum atomic E-state index is 13.6. The van der Waals surface area contributed by atoms with E-state index in [0.29, 0.717) is 36.5 Å². The van der Waals surface area contributed by atoms with Crippen LogP contribution in [0.4, 0.5) is 0 Å². The maximum absolute atomic E-state index is 13.6. The number of nitrogens with one attached hydrogen (secondary N) is 2. The Labute approximate surface area is 213 Å². The van der Waals surface area contributed by atoms with Crippen LogP contribution in [0.5, 0.6) is 0 Å². The molecule has 200 valence electrons. The lowest BCUT2D eigenvalue weighted by Gasteiger charge is -2.45. The van der Waals surface area contributed by atoms with Gasteiger partial charge in [0.2, 0.25) is 5.91 Å². The summed E-state index contributed by atoms with van der Waals surface area (Å²) in [5, 5.41) is 38.3. The van der Waals surface area contributed by atoms with E-state index in [1.807, 2.05) is 6.08 Å². The minimum atomic E-state index is -1.34. The molecule has 9 heteroatoms. The number of hydrogen-bond acceptors (Lipinski definition) is 8. The van der Waals surface area contributed by atoms with Crippen LogP contribution in [-0.2, 0) is 14.3 Å². The molecule has 10 atom stereocenters. The molecule has 4 aliphatic rings. The fraction of sp³-hybridized carbons (Fsp3) is 0.885. The fourth-order valence-corrected chi connectivity index (χ4v) is 7.25. The largest absolute Gasteiger partial charge is 0.388 e. The molecule has 4 heterocycles. The highest BCUT2D eigenvalue weighted by Crippen LogP contribution is 2.37. The Morgan fingerprint density at radius 1 is 1.20 bits per heavy atom. The average Bonchev–Trinajstić information content (AvgIpc) is 3.07. The Hall–Kier alpha value is -0.680. The van der Waals surface area contributed by atoms with Gasteiger partial charge in [-0.3, -0.25) is 4.79 Å². The van der Waals surface area contributed by atoms with Crippen LogP contribution in [0.1, 0.15) is 53.4 Å². The van der Waals surface area contributed by atoms with Gasteiger partial charge in [-0.15, -0.1) is 11.8 Å². The number of aliphatic hydroxyl groups excluding tert-OH is 3. The first-order valence-corrected chi connectivity index (χ1v) is 14.2. The molecule has 3 fully saturated rings. The monoisotopic (exact) mass is 512 g/mol. The number of thioether (sulfide) groups is 1. The quantitative estimate of drug-likeness (QED) is 0.359. The fourth-order valence-electron chi connectivity index (χ4n) is 6.29. The van der Waals surface area contributed by atoms with Crippen LogP contribution in [0.25, 0.3) is 0 Å². The van der Waals surface area contributed by atoms with Gasteiger partial charge in [0.25, 0.3) is 0 Å². The zero-order valence-electron chi connectivity index (χ0n) is 21.4. The van der Waals surface area contributed by atoms with Crippen molar-refractivity contribution in [1.29, 1.82) is 0 Å². The molecule has 5 unspecified atom stereocenters. The van der Waals surface area contributed by atoms with Gasteiger partial charge >= 0.3 is 0 Å². The maximum Gasteiger partial charge on any atom is 0.240 e. The van der Waals surface area contributed by atoms with Gasteiger partial charge < -0.3 is 35.4 Å². The number of carbonyl (C=O) groups excluding carboxylic acids is 1. The Kier molecular flexibility index (Phi) is 8.89. The molecule has 8 nitrogen and oxygen atoms in total. The molecule has 5 N–H and O–H groups in total. The summed E-state index contributed by atoms with van der Waals surface area (Å²) in [6.45, 7) is 10.1. The van der Waals surface area contributed by atoms with Crippen molar-refractivity contribution in [3.63, 3.8) is 0 Å². The number of amides is 1. The van der Waals surface area contributed by atoms with Crippen molar-refractivity contribution in [2.75, 3.05) is 18.9 Å². The summed E-state index contributed by atoms with van der Waals surface area (Å²) >= 11 is 1.38. The molecule has 0 aromatic rings. The van der Waals surface area contributed by atoms with E-state index in [9.17, 15) is 20.1 Å². The number of aliphatic hydroxyl groups is 3. The minimum Gasteiger partial charge on any atom is -0.388 e. The normalized spacial score (nSPS) is 44.8. The van der Waals surface area contributed by atoms with Crippen molar-refractivity contribution in [1.82, 2.24) is 10.6 Å². The molecule has 4 aliphatic heterocycles. The zero-order chi connectivity index (χ0) is 25.3. The van der Waals surface area contributed by atoms with Crippen LogP contribution in [0, 0.1) is 23.2 Å². The van der Waals surface area contributed by atoms with Crippen LogP contribution in [0.2, 0.25) is 0 Å². The Morgan fingerprint density at radius 3 is 2.71 bits per heavy atom. The highest BCUT2D eigenvalue weighted by molar-refractivity contribution is 7.99. The lowest BCUT2D eigenvalue weighted by Crippen LogP contribution is -2.64. The standard InChI is InChI=1S/C26H44N2O6S/c1-14(2)10-15-6-8-33-22-16(11-15)13-27-18(22)24(32)28-17-12-26(3,4)7-5-9-35-25-21(31)19(29)20(30)23(17)34-25/h5,7,14-23,25,27,29-31H,6,8-13H2,1-4H3,(H,28,32)/b7-5+/t15-,16-,17+,18-,19?,20?,21?,22+,23?,25?/m0/s1. The SMILES string of the molecule is CC(C)C[C@@H]1CCO[C@@H]2[C@H](CN[C@@H]2C(=O)N[C@@H]2CC(C)(C)/C=C/CSC3OC2C(O)C(O)C3O)C1. The second-order valence-electron chi connectivity index (χ2n) is 12.0. The molecule has 0 aromatic heterocycles. The molecule has 1 amide bonds. The smallest absolute Gasteiger partial charge is 0.240 e. The summed E-state index contributed by atoms with van der Waals surface area (Å²) in [6.07, 6.45) is 3.10. The first-order valence-electron chi connectivity index (χ1n) is 13.2. The van der Waals surface area contributed by atoms with Crippen molar-refractivity contribution in [3.8, 4) is 0 Å². The van der Waals surface area contributed by atoms with Gasteiger partial charge in [-0.2, -0.15) is 0 Å². The number of fused-ring (bicyclic) bond motifs is 3. The summed E-state index contributed by atoms with van der Waals surface area (Å²) in [7, 11) is 0. The van der Waals surface area contributed by atoms with Crippen LogP contribution < -0.4 is 10.6 Å². The number of carbonyl (C=O) groups is 1. The minimum absolute atomic E-state index is 0.165. The van der Waals surface area contributed by atoms with Crippen LogP contribution >= 0.6 is 11.8 Å². The van der Waals surface area contributed by atoms with Gasteiger partial charge in [0, 0.05) is 18.9 Å². The molecule has 0 spiro atoms. The molecule has 35 heavy (non-hydrogen) atoms. The molecule has 3 saturated heterocycles. The van der Waals surface area contributed by atoms with Gasteiger partial charge in [-0.05, 0) is 48.9 Å². The molecule has 0 aromatic carbocycles. The van der Waals surface area contributed by atoms with Crippen molar-refractivity contribution >= 4 is 17.7 Å². The third-order valence-electron chi connectivity index (χ3n) is 7.96. The third kappa shape index (κ3) is 6.43. The van der Waals surface area contributed by atoms with E-state index in [2.05, 4.69) is 44.4 Å². The summed E-state index contributed by atoms with van der Waals surface area (Å²) < 4.78 is 12.3. The summed E-state index contributed by atoms with van der Waals surface area (Å²) in [5.74, 6) is 2.03. The molecule has 0 aliphatic carbocycles. The highest BCUT2D eigenvalue weighted by atomic mass is 32.2. The van der Waals surface area contributed by atoms with Gasteiger partial charge in [0.1, 0.15) is 35.9 Å². The molecular weight excluding hydrogens is 468 g/mol. The number of ether oxygens (including phenoxy) is 2. The predicted octanol–water partition coefficient (Wildman–Crippen LogP) is 1.43. The second kappa shape index (κ2) is 11.4. The van der Waals surface area contributed by atoms with E-state index in [4.69, 9.17) is 9.47 Å². The van der Waals surface area contributed by atoms with Crippen molar-refractivity contribution in [2.24, 2.45) is 23.2 Å². The summed E-state index contributed by atoms with van der Waals surface area (Å²) in [6, 6.07) is -1.01. The third-order valence-corrected chi connectivity index (χ3v) is 9.06. The van der Waals surface area contributed by atoms with Gasteiger partial charge in [0.15, 0.2) is 0 Å². The zero-order valence-corrected chi connectivity index (χ0v) is 22.2. The molecule has 2 bridgehead atoms. The van der Waals surface area contributed by atoms with E-state index in [1.165, 1.54) is 18.2 Å². The van der Waals surface area contributed by atoms with E-state index in [0.717, 1.165) is 19.4 Å². The molecular formula is C26H44N2O6S. The second-order valence-corrected chi connectivity index (χ2v) is 13.1. The first kappa shape index (κ1) is 27.4. The highest BCUT2D eigenvalue weighted by Gasteiger charge is 2.49. The van der Waals surface area contributed by atoms with Crippen molar-refractivity contribution in [2.45, 2.75) is 101 Å². The Bertz CT molecular complexity index is 764. The lowest BCUT2D eigenvalue weighted by atomic mass is 9.81. The number of allylic oxidation sites excluding steroid dienone is 1. The van der Waals surface area contributed by atoms with Crippen LogP contribution in [-0.4, -0.2) is 88.2 Å². The van der Waals surface area contributed by atoms with E-state index >= 15 is 0 Å². The summed E-state index contributed by atoms with van der Waals surface area (Å²) in [5.41, 5.74) is -0.940. The van der Waals surface area contributed by atoms with Crippen molar-refractivity contribution < 1.29 is 29.6 Å². The molecule has 0 radical (unpaired) electrons. The van der Waals surface area contributed by atoms with Crippen LogP contribution in [0.3, 0.4) is 0 Å². The van der Waals surface area contributed by atoms with Crippen LogP contribution in [0.15, 0.2) is 12.2 Å². The molecule has 4 rings (SSSR count). The summed E-state index contributed by atoms with van der Waals surface area (Å²) in [4.78, 5) is 13.6. The van der Waals surface area contributed by atoms with E-state index in [1.54, 1.807) is 0 Å². The average molecular weight is 513 g/mol. The van der Waals surface area contributed by atoms with Gasteiger partial charge in [0.05, 0.1) is 12.1 Å². The first-order chi connectivity index (χ1) is 16.6. The Balaban J connectivity index is 1.50. The lowest BCUT2D eigenvalue weighted by molar-refractivity contribution is -0.206. The van der Waals surface area contributed by atoms with Crippen molar-refractivity contribution in [3.05, 3.63) is 12.2 Å². The topological polar surface area (TPSA) is 120 Å². The predicted molar refractivity (Wildman–Crippen MR) is 136 cm³/mol.